The van der Waals surface area contributed by atoms with Crippen LogP contribution in [0.15, 0.2) is 65.9 Å². The van der Waals surface area contributed by atoms with Crippen molar-refractivity contribution >= 4 is 39.0 Å². The van der Waals surface area contributed by atoms with Crippen LogP contribution in [-0.2, 0) is 4.79 Å². The van der Waals surface area contributed by atoms with Gasteiger partial charge in [0.05, 0.1) is 11.3 Å². The Bertz CT molecular complexity index is 1220. The molecule has 0 fully saturated rings. The van der Waals surface area contributed by atoms with Crippen molar-refractivity contribution in [3.05, 3.63) is 72.1 Å². The number of carbonyl (C=O) groups excluding carboxylic acids is 1. The van der Waals surface area contributed by atoms with E-state index in [1.165, 1.54) is 0 Å². The summed E-state index contributed by atoms with van der Waals surface area (Å²) in [5.41, 5.74) is 4.69. The maximum atomic E-state index is 12.5. The number of amides is 1. The van der Waals surface area contributed by atoms with E-state index >= 15 is 0 Å². The van der Waals surface area contributed by atoms with E-state index in [0.717, 1.165) is 32.9 Å². The number of para-hydroxylation sites is 1. The molecule has 3 N–H and O–H groups in total. The largest absolute Gasteiger partial charge is 0.508 e. The number of nitrogens with zero attached hydrogens (tertiary/aromatic N) is 1. The lowest BCUT2D eigenvalue weighted by molar-refractivity contribution is -0.112. The first kappa shape index (κ1) is 13.8. The monoisotopic (exact) mass is 329 g/mol. The Morgan fingerprint density at radius 2 is 1.64 bits per heavy atom. The average molecular weight is 329 g/mol. The number of carbonyl (C=O) groups is 1. The molecule has 1 aliphatic heterocycles. The van der Waals surface area contributed by atoms with E-state index < -0.39 is 0 Å². The summed E-state index contributed by atoms with van der Waals surface area (Å²) in [6.45, 7) is 0. The minimum Gasteiger partial charge on any atom is -0.508 e. The van der Waals surface area contributed by atoms with Crippen LogP contribution in [0.2, 0.25) is 0 Å². The number of allylic oxidation sites excluding steroid dienone is 1. The number of phenolic OH excluding ortho intramolecular Hbond substituents is 1. The number of hydrogen-bond acceptors (Lipinski definition) is 2. The van der Waals surface area contributed by atoms with Gasteiger partial charge < -0.3 is 15.1 Å². The maximum Gasteiger partial charge on any atom is 0.278 e. The van der Waals surface area contributed by atoms with Gasteiger partial charge in [-0.15, -0.1) is 0 Å². The summed E-state index contributed by atoms with van der Waals surface area (Å²) in [6, 6.07) is 13.0. The van der Waals surface area contributed by atoms with E-state index in [2.05, 4.69) is 15.0 Å². The van der Waals surface area contributed by atoms with E-state index in [0.29, 0.717) is 11.3 Å². The van der Waals surface area contributed by atoms with Crippen LogP contribution < -0.4 is 0 Å². The lowest BCUT2D eigenvalue weighted by Gasteiger charge is -1.97. The van der Waals surface area contributed by atoms with Gasteiger partial charge in [-0.05, 0) is 30.3 Å². The summed E-state index contributed by atoms with van der Waals surface area (Å²) in [5.74, 6) is -0.0756. The minimum atomic E-state index is -0.255. The third kappa shape index (κ3) is 2.03. The summed E-state index contributed by atoms with van der Waals surface area (Å²) >= 11 is 0. The molecule has 2 aromatic carbocycles. The number of rotatable bonds is 2. The molecule has 0 saturated carbocycles. The number of aliphatic imine (C=N–C) groups is 1. The Kier molecular flexibility index (Phi) is 2.73. The molecule has 0 unspecified atom stereocenters. The van der Waals surface area contributed by atoms with Gasteiger partial charge in [0, 0.05) is 45.3 Å². The Labute approximate surface area is 142 Å². The Balaban J connectivity index is 1.65. The van der Waals surface area contributed by atoms with Crippen molar-refractivity contribution in [1.82, 2.24) is 9.97 Å². The molecule has 5 nitrogen and oxygen atoms in total. The number of aromatic amines is 2. The normalized spacial score (nSPS) is 14.3. The molecule has 0 aliphatic carbocycles. The standard InChI is InChI=1S/C20H13N3O2/c24-11-5-6-18-13(7-11)16(10-22-18)19-8-14(20(25)23-19)15-9-21-17-4-2-1-3-12(15)17/h1-10,21-22,24H/i8+0,14+0,19+1,20+1. The smallest absolute Gasteiger partial charge is 0.278 e. The van der Waals surface area contributed by atoms with Gasteiger partial charge in [0.2, 0.25) is 0 Å². The highest BCUT2D eigenvalue weighted by atomic mass is 16.3. The van der Waals surface area contributed by atoms with Crippen molar-refractivity contribution in [1.29, 1.82) is 0 Å². The van der Waals surface area contributed by atoms with Crippen LogP contribution in [0.25, 0.3) is 27.4 Å². The number of phenols is 1. The molecule has 25 heavy (non-hydrogen) atoms. The van der Waals surface area contributed by atoms with E-state index in [-0.39, 0.29) is 11.7 Å². The Morgan fingerprint density at radius 3 is 2.52 bits per heavy atom. The summed E-state index contributed by atoms with van der Waals surface area (Å²) in [6.07, 6.45) is 5.46. The van der Waals surface area contributed by atoms with Crippen molar-refractivity contribution in [3.8, 4) is 5.75 Å². The summed E-state index contributed by atoms with van der Waals surface area (Å²) in [7, 11) is 0. The first-order valence-electron chi connectivity index (χ1n) is 7.92. The van der Waals surface area contributed by atoms with Gasteiger partial charge in [0.15, 0.2) is 0 Å². The van der Waals surface area contributed by atoms with Crippen molar-refractivity contribution in [2.75, 3.05) is 0 Å². The molecular formula is C20H13N3O2. The lowest BCUT2D eigenvalue weighted by Crippen LogP contribution is -1.93. The molecule has 1 aliphatic rings. The van der Waals surface area contributed by atoms with Gasteiger partial charge in [-0.1, -0.05) is 18.2 Å². The summed E-state index contributed by atoms with van der Waals surface area (Å²) in [5, 5.41) is 11.6. The van der Waals surface area contributed by atoms with Crippen molar-refractivity contribution < 1.29 is 9.90 Å². The maximum absolute atomic E-state index is 12.5. The van der Waals surface area contributed by atoms with Crippen LogP contribution in [0, 0.1) is 0 Å². The molecule has 0 atom stereocenters. The topological polar surface area (TPSA) is 81.2 Å². The zero-order valence-corrected chi connectivity index (χ0v) is 13.1. The first-order chi connectivity index (χ1) is 12.2. The average Bonchev–Trinajstić information content (AvgIpc) is 3.30. The Hall–Kier alpha value is -3.60. The highest BCUT2D eigenvalue weighted by molar-refractivity contribution is 6.38. The van der Waals surface area contributed by atoms with Gasteiger partial charge in [0.1, 0.15) is 5.75 Å². The lowest BCUT2D eigenvalue weighted by atomic mass is 10.1. The van der Waals surface area contributed by atoms with Gasteiger partial charge in [0.25, 0.3) is 5.91 Å². The van der Waals surface area contributed by atoms with Crippen LogP contribution in [0.1, 0.15) is 11.1 Å². The predicted molar refractivity (Wildman–Crippen MR) is 97.8 cm³/mol. The van der Waals surface area contributed by atoms with Crippen LogP contribution in [0.4, 0.5) is 0 Å². The molecule has 120 valence electrons. The molecule has 4 aromatic rings. The second-order valence-electron chi connectivity index (χ2n) is 6.04. The molecule has 5 rings (SSSR count). The predicted octanol–water partition coefficient (Wildman–Crippen LogP) is 3.77. The van der Waals surface area contributed by atoms with Crippen LogP contribution in [0.3, 0.4) is 0 Å². The van der Waals surface area contributed by atoms with Crippen LogP contribution >= 0.6 is 0 Å². The summed E-state index contributed by atoms with van der Waals surface area (Å²) in [4.78, 5) is 23.1. The quantitative estimate of drug-likeness (QED) is 0.489. The number of benzene rings is 2. The van der Waals surface area contributed by atoms with Gasteiger partial charge in [-0.2, -0.15) is 0 Å². The van der Waals surface area contributed by atoms with Crippen LogP contribution in [0.5, 0.6) is 5.75 Å². The zero-order chi connectivity index (χ0) is 17.0. The van der Waals surface area contributed by atoms with E-state index in [4.69, 9.17) is 0 Å². The third-order valence-corrected chi connectivity index (χ3v) is 4.55. The fourth-order valence-electron chi connectivity index (χ4n) is 3.35. The molecule has 0 saturated heterocycles. The van der Waals surface area contributed by atoms with E-state index in [9.17, 15) is 9.90 Å². The molecule has 0 radical (unpaired) electrons. The SMILES string of the molecule is O=[13C]1N=[13C](c2c[nH]c3ccc(O)cc23)[12CH]=[12C]1c1c[nH]c2ccccc12. The van der Waals surface area contributed by atoms with E-state index in [1.807, 2.05) is 42.7 Å². The fourth-order valence-corrected chi connectivity index (χ4v) is 3.35. The van der Waals surface area contributed by atoms with Gasteiger partial charge in [-0.3, -0.25) is 4.79 Å². The number of H-pyrrole nitrogens is 2. The van der Waals surface area contributed by atoms with Crippen LogP contribution in [-0.4, -0.2) is 26.7 Å². The first-order valence-corrected chi connectivity index (χ1v) is 7.92. The minimum absolute atomic E-state index is 0.180. The number of hydrogen-bond donors (Lipinski definition) is 3. The second kappa shape index (κ2) is 4.95. The highest BCUT2D eigenvalue weighted by Crippen LogP contribution is 2.31. The molecule has 0 spiro atoms. The zero-order valence-electron chi connectivity index (χ0n) is 13.1. The third-order valence-electron chi connectivity index (χ3n) is 4.55. The molecule has 3 heterocycles. The van der Waals surface area contributed by atoms with Crippen molar-refractivity contribution in [2.45, 2.75) is 0 Å². The molecule has 0 bridgehead atoms. The molecule has 5 heteroatoms. The summed E-state index contributed by atoms with van der Waals surface area (Å²) < 4.78 is 0. The van der Waals surface area contributed by atoms with Crippen molar-refractivity contribution in [3.63, 3.8) is 0 Å². The van der Waals surface area contributed by atoms with Crippen molar-refractivity contribution in [2.24, 2.45) is 4.99 Å². The molecule has 1 amide bonds. The van der Waals surface area contributed by atoms with Gasteiger partial charge in [-0.25, -0.2) is 4.99 Å². The number of nitrogens with one attached hydrogen (secondary N) is 2. The number of fused-ring (bicyclic) bond motifs is 2. The number of aromatic hydroxyl groups is 1. The second-order valence-corrected chi connectivity index (χ2v) is 6.04. The molecular weight excluding hydrogens is 316 g/mol. The molecule has 2 aromatic heterocycles. The van der Waals surface area contributed by atoms with E-state index in [1.54, 1.807) is 18.2 Å². The highest BCUT2D eigenvalue weighted by Gasteiger charge is 2.24. The van der Waals surface area contributed by atoms with Gasteiger partial charge >= 0.3 is 0 Å². The fraction of sp³-hybridized carbons (Fsp3) is 0. The Morgan fingerprint density at radius 1 is 0.880 bits per heavy atom. The number of aromatic nitrogens is 2.